The van der Waals surface area contributed by atoms with Crippen LogP contribution in [-0.4, -0.2) is 4.98 Å². The minimum atomic E-state index is 0.780. The van der Waals surface area contributed by atoms with E-state index in [9.17, 15) is 0 Å². The molecule has 32 heavy (non-hydrogen) atoms. The van der Waals surface area contributed by atoms with Gasteiger partial charge in [-0.1, -0.05) is 84.9 Å². The van der Waals surface area contributed by atoms with E-state index in [1.807, 2.05) is 18.2 Å². The Bertz CT molecular complexity index is 1560. The van der Waals surface area contributed by atoms with Crippen molar-refractivity contribution >= 4 is 27.5 Å². The minimum Gasteiger partial charge on any atom is -0.398 e. The summed E-state index contributed by atoms with van der Waals surface area (Å²) in [5, 5.41) is 2.42. The van der Waals surface area contributed by atoms with Crippen LogP contribution < -0.4 is 5.73 Å². The van der Waals surface area contributed by atoms with E-state index < -0.39 is 0 Å². The number of fused-ring (bicyclic) bond motifs is 3. The Hall–Kier alpha value is -4.30. The molecular formula is C30H22N2. The van der Waals surface area contributed by atoms with Gasteiger partial charge in [-0.3, -0.25) is 0 Å². The SMILES string of the molecule is Nc1ccccc1-c1cc(-c2ccccc2)cc2c1[nH]c1ccc(-c3ccccc3)cc12. The third-order valence-electron chi connectivity index (χ3n) is 6.17. The first-order chi connectivity index (χ1) is 15.8. The zero-order chi connectivity index (χ0) is 21.5. The third-order valence-corrected chi connectivity index (χ3v) is 6.17. The van der Waals surface area contributed by atoms with Gasteiger partial charge in [0, 0.05) is 33.1 Å². The summed E-state index contributed by atoms with van der Waals surface area (Å²) in [6.07, 6.45) is 0. The Morgan fingerprint density at radius 2 is 1.09 bits per heavy atom. The Morgan fingerprint density at radius 1 is 0.469 bits per heavy atom. The van der Waals surface area contributed by atoms with Crippen LogP contribution >= 0.6 is 0 Å². The van der Waals surface area contributed by atoms with Crippen LogP contribution in [0.15, 0.2) is 115 Å². The van der Waals surface area contributed by atoms with Gasteiger partial charge in [-0.2, -0.15) is 0 Å². The number of H-pyrrole nitrogens is 1. The number of benzene rings is 5. The Kier molecular flexibility index (Phi) is 4.29. The first-order valence-corrected chi connectivity index (χ1v) is 10.8. The molecule has 0 amide bonds. The number of anilines is 1. The largest absolute Gasteiger partial charge is 0.398 e. The van der Waals surface area contributed by atoms with Gasteiger partial charge >= 0.3 is 0 Å². The Balaban J connectivity index is 1.68. The minimum absolute atomic E-state index is 0.780. The summed E-state index contributed by atoms with van der Waals surface area (Å²) in [6.45, 7) is 0. The number of hydrogen-bond donors (Lipinski definition) is 2. The number of aromatic nitrogens is 1. The fraction of sp³-hybridized carbons (Fsp3) is 0. The van der Waals surface area contributed by atoms with Crippen LogP contribution in [0.25, 0.3) is 55.2 Å². The average molecular weight is 411 g/mol. The van der Waals surface area contributed by atoms with Gasteiger partial charge in [-0.25, -0.2) is 0 Å². The molecule has 0 saturated heterocycles. The highest BCUT2D eigenvalue weighted by molar-refractivity contribution is 6.15. The highest BCUT2D eigenvalue weighted by Crippen LogP contribution is 2.40. The lowest BCUT2D eigenvalue weighted by atomic mass is 9.94. The molecule has 0 fully saturated rings. The van der Waals surface area contributed by atoms with Gasteiger partial charge in [0.2, 0.25) is 0 Å². The highest BCUT2D eigenvalue weighted by Gasteiger charge is 2.15. The Morgan fingerprint density at radius 3 is 1.81 bits per heavy atom. The second-order valence-electron chi connectivity index (χ2n) is 8.15. The molecule has 0 spiro atoms. The molecule has 0 atom stereocenters. The fourth-order valence-electron chi connectivity index (χ4n) is 4.56. The van der Waals surface area contributed by atoms with E-state index in [0.29, 0.717) is 0 Å². The molecule has 0 saturated carbocycles. The predicted octanol–water partition coefficient (Wildman–Crippen LogP) is 7.90. The molecule has 5 aromatic carbocycles. The first-order valence-electron chi connectivity index (χ1n) is 10.8. The number of nitrogens with two attached hydrogens (primary N) is 1. The number of hydrogen-bond acceptors (Lipinski definition) is 1. The van der Waals surface area contributed by atoms with Crippen LogP contribution in [0.5, 0.6) is 0 Å². The van der Waals surface area contributed by atoms with E-state index in [4.69, 9.17) is 5.73 Å². The molecule has 6 aromatic rings. The molecule has 6 rings (SSSR count). The van der Waals surface area contributed by atoms with Crippen LogP contribution in [0.4, 0.5) is 5.69 Å². The maximum absolute atomic E-state index is 6.41. The van der Waals surface area contributed by atoms with Gasteiger partial charge in [0.25, 0.3) is 0 Å². The number of nitrogen functional groups attached to an aromatic ring is 1. The van der Waals surface area contributed by atoms with Crippen molar-refractivity contribution in [2.24, 2.45) is 0 Å². The Labute approximate surface area is 187 Å². The molecule has 0 aliphatic heterocycles. The lowest BCUT2D eigenvalue weighted by Gasteiger charge is -2.11. The lowest BCUT2D eigenvalue weighted by Crippen LogP contribution is -1.91. The monoisotopic (exact) mass is 410 g/mol. The lowest BCUT2D eigenvalue weighted by molar-refractivity contribution is 1.53. The number of nitrogens with one attached hydrogen (secondary N) is 1. The summed E-state index contributed by atoms with van der Waals surface area (Å²) in [5.41, 5.74) is 16.4. The van der Waals surface area contributed by atoms with E-state index in [0.717, 1.165) is 27.8 Å². The third kappa shape index (κ3) is 3.05. The van der Waals surface area contributed by atoms with Crippen LogP contribution in [0, 0.1) is 0 Å². The van der Waals surface area contributed by atoms with Gasteiger partial charge in [0.15, 0.2) is 0 Å². The standard InChI is InChI=1S/C30H22N2/c31-28-14-8-7-13-24(28)26-18-23(21-11-5-2-6-12-21)19-27-25-17-22(20-9-3-1-4-10-20)15-16-29(25)32-30(26)27/h1-19,32H,31H2. The summed E-state index contributed by atoms with van der Waals surface area (Å²) >= 11 is 0. The van der Waals surface area contributed by atoms with Crippen LogP contribution in [0.1, 0.15) is 0 Å². The topological polar surface area (TPSA) is 41.8 Å². The molecule has 3 N–H and O–H groups in total. The zero-order valence-corrected chi connectivity index (χ0v) is 17.5. The van der Waals surface area contributed by atoms with Crippen molar-refractivity contribution in [2.75, 3.05) is 5.73 Å². The zero-order valence-electron chi connectivity index (χ0n) is 17.5. The van der Waals surface area contributed by atoms with Crippen LogP contribution in [-0.2, 0) is 0 Å². The van der Waals surface area contributed by atoms with Crippen LogP contribution in [0.2, 0.25) is 0 Å². The first kappa shape index (κ1) is 18.5. The molecular weight excluding hydrogens is 388 g/mol. The predicted molar refractivity (Wildman–Crippen MR) is 137 cm³/mol. The summed E-state index contributed by atoms with van der Waals surface area (Å²) < 4.78 is 0. The quantitative estimate of drug-likeness (QED) is 0.286. The van der Waals surface area contributed by atoms with Crippen molar-refractivity contribution in [1.82, 2.24) is 4.98 Å². The highest BCUT2D eigenvalue weighted by atomic mass is 14.7. The van der Waals surface area contributed by atoms with E-state index >= 15 is 0 Å². The fourth-order valence-corrected chi connectivity index (χ4v) is 4.56. The number of aromatic amines is 1. The van der Waals surface area contributed by atoms with Crippen molar-refractivity contribution in [3.63, 3.8) is 0 Å². The molecule has 0 aliphatic rings. The van der Waals surface area contributed by atoms with Crippen molar-refractivity contribution in [3.05, 3.63) is 115 Å². The van der Waals surface area contributed by atoms with Crippen molar-refractivity contribution in [3.8, 4) is 33.4 Å². The molecule has 0 bridgehead atoms. The number of rotatable bonds is 3. The summed E-state index contributed by atoms with van der Waals surface area (Å²) in [5.74, 6) is 0. The second kappa shape index (κ2) is 7.44. The van der Waals surface area contributed by atoms with Crippen molar-refractivity contribution in [2.45, 2.75) is 0 Å². The molecule has 2 nitrogen and oxygen atoms in total. The van der Waals surface area contributed by atoms with Gasteiger partial charge in [0.05, 0.1) is 5.52 Å². The van der Waals surface area contributed by atoms with Crippen LogP contribution in [0.3, 0.4) is 0 Å². The summed E-state index contributed by atoms with van der Waals surface area (Å²) in [4.78, 5) is 3.67. The number of para-hydroxylation sites is 1. The molecule has 0 aliphatic carbocycles. The van der Waals surface area contributed by atoms with Crippen molar-refractivity contribution in [1.29, 1.82) is 0 Å². The molecule has 2 heteroatoms. The molecule has 0 unspecified atom stereocenters. The maximum atomic E-state index is 6.41. The molecule has 152 valence electrons. The maximum Gasteiger partial charge on any atom is 0.0545 e. The molecule has 0 radical (unpaired) electrons. The van der Waals surface area contributed by atoms with E-state index in [1.165, 1.54) is 33.0 Å². The smallest absolute Gasteiger partial charge is 0.0545 e. The van der Waals surface area contributed by atoms with Gasteiger partial charge in [-0.15, -0.1) is 0 Å². The average Bonchev–Trinajstić information content (AvgIpc) is 3.23. The normalized spacial score (nSPS) is 11.2. The van der Waals surface area contributed by atoms with Gasteiger partial charge in [-0.05, 0) is 52.6 Å². The second-order valence-corrected chi connectivity index (χ2v) is 8.15. The summed E-state index contributed by atoms with van der Waals surface area (Å²) in [6, 6.07) is 40.3. The van der Waals surface area contributed by atoms with Gasteiger partial charge < -0.3 is 10.7 Å². The van der Waals surface area contributed by atoms with Crippen molar-refractivity contribution < 1.29 is 0 Å². The molecule has 1 aromatic heterocycles. The molecule has 1 heterocycles. The van der Waals surface area contributed by atoms with E-state index in [2.05, 4.69) is 102 Å². The van der Waals surface area contributed by atoms with E-state index in [1.54, 1.807) is 0 Å². The van der Waals surface area contributed by atoms with Gasteiger partial charge in [0.1, 0.15) is 0 Å². The summed E-state index contributed by atoms with van der Waals surface area (Å²) in [7, 11) is 0. The van der Waals surface area contributed by atoms with E-state index in [-0.39, 0.29) is 0 Å².